The number of ether oxygens (including phenoxy) is 1. The molecule has 1 aliphatic rings. The van der Waals surface area contributed by atoms with Crippen molar-refractivity contribution in [2.45, 2.75) is 19.4 Å². The molecule has 0 heterocycles. The highest BCUT2D eigenvalue weighted by atomic mass is 35.5. The van der Waals surface area contributed by atoms with E-state index in [4.69, 9.17) is 27.9 Å². The Balaban J connectivity index is 1.43. The van der Waals surface area contributed by atoms with Crippen LogP contribution >= 0.6 is 23.2 Å². The summed E-state index contributed by atoms with van der Waals surface area (Å²) in [6, 6.07) is 11.6. The third-order valence-electron chi connectivity index (χ3n) is 4.71. The van der Waals surface area contributed by atoms with Gasteiger partial charge in [0, 0.05) is 23.7 Å². The molecule has 3 atom stereocenters. The van der Waals surface area contributed by atoms with Crippen molar-refractivity contribution in [1.29, 1.82) is 0 Å². The van der Waals surface area contributed by atoms with Crippen LogP contribution in [-0.2, 0) is 4.79 Å². The van der Waals surface area contributed by atoms with Crippen molar-refractivity contribution in [1.82, 2.24) is 5.32 Å². The number of rotatable bonds is 8. The molecule has 0 aliphatic heterocycles. The summed E-state index contributed by atoms with van der Waals surface area (Å²) < 4.78 is 5.44. The van der Waals surface area contributed by atoms with Gasteiger partial charge >= 0.3 is 0 Å². The Bertz CT molecular complexity index is 889. The maximum Gasteiger partial charge on any atom is 0.251 e. The van der Waals surface area contributed by atoms with Crippen LogP contribution in [0, 0.1) is 11.8 Å². The normalized spacial score (nSPS) is 18.6. The van der Waals surface area contributed by atoms with Crippen LogP contribution in [0.5, 0.6) is 5.75 Å². The van der Waals surface area contributed by atoms with Crippen LogP contribution in [0.4, 0.5) is 5.69 Å². The highest BCUT2D eigenvalue weighted by Gasteiger charge is 2.39. The van der Waals surface area contributed by atoms with Crippen molar-refractivity contribution in [3.8, 4) is 5.75 Å². The summed E-state index contributed by atoms with van der Waals surface area (Å²) in [5.74, 6) is 0.563. The summed E-state index contributed by atoms with van der Waals surface area (Å²) in [4.78, 5) is 24.2. The first-order valence-corrected chi connectivity index (χ1v) is 10.0. The quantitative estimate of drug-likeness (QED) is 0.587. The van der Waals surface area contributed by atoms with Crippen LogP contribution < -0.4 is 15.4 Å². The van der Waals surface area contributed by atoms with Crippen LogP contribution in [-0.4, -0.2) is 36.2 Å². The summed E-state index contributed by atoms with van der Waals surface area (Å²) in [5, 5.41) is 16.1. The van der Waals surface area contributed by atoms with E-state index < -0.39 is 6.10 Å². The highest BCUT2D eigenvalue weighted by Crippen LogP contribution is 2.38. The Kier molecular flexibility index (Phi) is 7.00. The van der Waals surface area contributed by atoms with E-state index in [1.807, 2.05) is 6.92 Å². The summed E-state index contributed by atoms with van der Waals surface area (Å²) in [7, 11) is 0. The van der Waals surface area contributed by atoms with Crippen molar-refractivity contribution in [3.63, 3.8) is 0 Å². The number of halogens is 2. The maximum atomic E-state index is 12.2. The van der Waals surface area contributed by atoms with Gasteiger partial charge in [-0.25, -0.2) is 0 Å². The number of benzene rings is 2. The Morgan fingerprint density at radius 2 is 1.90 bits per heavy atom. The van der Waals surface area contributed by atoms with Crippen molar-refractivity contribution in [3.05, 3.63) is 58.1 Å². The van der Waals surface area contributed by atoms with E-state index in [0.29, 0.717) is 27.9 Å². The molecule has 6 nitrogen and oxygen atoms in total. The van der Waals surface area contributed by atoms with Gasteiger partial charge < -0.3 is 20.5 Å². The van der Waals surface area contributed by atoms with Gasteiger partial charge in [-0.3, -0.25) is 9.59 Å². The maximum absolute atomic E-state index is 12.2. The lowest BCUT2D eigenvalue weighted by Crippen LogP contribution is -2.35. The number of aliphatic hydroxyl groups excluding tert-OH is 1. The molecular weight excluding hydrogens is 415 g/mol. The lowest BCUT2D eigenvalue weighted by atomic mass is 10.2. The molecule has 0 saturated heterocycles. The highest BCUT2D eigenvalue weighted by molar-refractivity contribution is 6.42. The van der Waals surface area contributed by atoms with Gasteiger partial charge in [-0.1, -0.05) is 36.2 Å². The average Bonchev–Trinajstić information content (AvgIpc) is 3.44. The second-order valence-corrected chi connectivity index (χ2v) is 7.90. The molecule has 1 aliphatic carbocycles. The first-order chi connectivity index (χ1) is 13.8. The smallest absolute Gasteiger partial charge is 0.251 e. The molecule has 1 saturated carbocycles. The molecule has 8 heteroatoms. The first-order valence-electron chi connectivity index (χ1n) is 9.29. The number of nitrogens with one attached hydrogen (secondary N) is 2. The second-order valence-electron chi connectivity index (χ2n) is 7.11. The Labute approximate surface area is 179 Å². The van der Waals surface area contributed by atoms with Gasteiger partial charge in [-0.05, 0) is 48.7 Å². The van der Waals surface area contributed by atoms with E-state index in [2.05, 4.69) is 10.6 Å². The molecule has 0 aromatic heterocycles. The number of hydrogen-bond acceptors (Lipinski definition) is 4. The van der Waals surface area contributed by atoms with Crippen molar-refractivity contribution in [2.24, 2.45) is 11.8 Å². The average molecular weight is 437 g/mol. The van der Waals surface area contributed by atoms with E-state index in [0.717, 1.165) is 6.42 Å². The van der Waals surface area contributed by atoms with E-state index in [1.165, 1.54) is 0 Å². The predicted molar refractivity (Wildman–Crippen MR) is 113 cm³/mol. The molecule has 1 fully saturated rings. The molecular formula is C21H22Cl2N2O4. The minimum Gasteiger partial charge on any atom is -0.489 e. The molecule has 154 valence electrons. The predicted octanol–water partition coefficient (Wildman–Crippen LogP) is 3.76. The Morgan fingerprint density at radius 1 is 1.21 bits per heavy atom. The lowest BCUT2D eigenvalue weighted by Gasteiger charge is -2.14. The van der Waals surface area contributed by atoms with E-state index in [-0.39, 0.29) is 35.9 Å². The van der Waals surface area contributed by atoms with Crippen LogP contribution in [0.1, 0.15) is 23.7 Å². The van der Waals surface area contributed by atoms with E-state index in [1.54, 1.807) is 42.5 Å². The fourth-order valence-electron chi connectivity index (χ4n) is 2.78. The van der Waals surface area contributed by atoms with Gasteiger partial charge in [0.15, 0.2) is 0 Å². The zero-order valence-electron chi connectivity index (χ0n) is 15.8. The van der Waals surface area contributed by atoms with E-state index >= 15 is 0 Å². The van der Waals surface area contributed by atoms with Gasteiger partial charge in [0.25, 0.3) is 5.91 Å². The molecule has 2 aromatic rings. The monoisotopic (exact) mass is 436 g/mol. The minimum absolute atomic E-state index is 0.00900. The van der Waals surface area contributed by atoms with Crippen molar-refractivity contribution < 1.29 is 19.4 Å². The lowest BCUT2D eigenvalue weighted by molar-refractivity contribution is -0.117. The third-order valence-corrected chi connectivity index (χ3v) is 5.51. The van der Waals surface area contributed by atoms with Gasteiger partial charge in [-0.2, -0.15) is 0 Å². The summed E-state index contributed by atoms with van der Waals surface area (Å²) in [6.45, 7) is 2.00. The molecule has 0 radical (unpaired) electrons. The minimum atomic E-state index is -0.923. The Hall–Kier alpha value is -2.28. The fraction of sp³-hybridized carbons (Fsp3) is 0.333. The number of amides is 2. The van der Waals surface area contributed by atoms with Gasteiger partial charge in [0.05, 0.1) is 5.02 Å². The molecule has 0 spiro atoms. The molecule has 29 heavy (non-hydrogen) atoms. The van der Waals surface area contributed by atoms with Crippen LogP contribution in [0.25, 0.3) is 0 Å². The van der Waals surface area contributed by atoms with E-state index in [9.17, 15) is 14.7 Å². The Morgan fingerprint density at radius 3 is 2.55 bits per heavy atom. The number of hydrogen-bond donors (Lipinski definition) is 3. The first kappa shape index (κ1) is 21.4. The standard InChI is InChI=1S/C21H22Cl2N2O4/c1-12-9-16(12)21(28)25-14-7-5-13(6-8-14)20(27)24-10-15(26)11-29-18-4-2-3-17(22)19(18)23/h2-8,12,15-16,26H,9-11H2,1H3,(H,24,27)(H,25,28). The molecule has 0 bridgehead atoms. The molecule has 2 aromatic carbocycles. The fourth-order valence-corrected chi connectivity index (χ4v) is 3.13. The largest absolute Gasteiger partial charge is 0.489 e. The van der Waals surface area contributed by atoms with Crippen LogP contribution in [0.2, 0.25) is 10.0 Å². The topological polar surface area (TPSA) is 87.7 Å². The number of carbonyl (C=O) groups is 2. The summed E-state index contributed by atoms with van der Waals surface area (Å²) in [5.41, 5.74) is 1.08. The zero-order valence-corrected chi connectivity index (χ0v) is 17.3. The van der Waals surface area contributed by atoms with Gasteiger partial charge in [-0.15, -0.1) is 0 Å². The third kappa shape index (κ3) is 5.85. The van der Waals surface area contributed by atoms with Crippen LogP contribution in [0.3, 0.4) is 0 Å². The second kappa shape index (κ2) is 9.48. The number of carbonyl (C=O) groups excluding carboxylic acids is 2. The van der Waals surface area contributed by atoms with Gasteiger partial charge in [0.1, 0.15) is 23.5 Å². The molecule has 3 unspecified atom stereocenters. The molecule has 2 amide bonds. The van der Waals surface area contributed by atoms with Crippen LogP contribution in [0.15, 0.2) is 42.5 Å². The van der Waals surface area contributed by atoms with Crippen molar-refractivity contribution >= 4 is 40.7 Å². The molecule has 3 N–H and O–H groups in total. The number of anilines is 1. The summed E-state index contributed by atoms with van der Waals surface area (Å²) >= 11 is 11.9. The zero-order chi connectivity index (χ0) is 21.0. The van der Waals surface area contributed by atoms with Crippen molar-refractivity contribution in [2.75, 3.05) is 18.5 Å². The molecule has 3 rings (SSSR count). The SMILES string of the molecule is CC1CC1C(=O)Nc1ccc(C(=O)NCC(O)COc2cccc(Cl)c2Cl)cc1. The van der Waals surface area contributed by atoms with Gasteiger partial charge in [0.2, 0.25) is 5.91 Å². The number of aliphatic hydroxyl groups is 1. The summed E-state index contributed by atoms with van der Waals surface area (Å²) in [6.07, 6.45) is -0.00453.